The lowest BCUT2D eigenvalue weighted by Crippen LogP contribution is -2.10. The lowest BCUT2D eigenvalue weighted by atomic mass is 9.79. The van der Waals surface area contributed by atoms with Crippen molar-refractivity contribution in [3.63, 3.8) is 0 Å². The SMILES string of the molecule is CCCCCCC1CC=C(c2ccc([C@H]3CC[C@H](C)CC3)cc2)CC1. The lowest BCUT2D eigenvalue weighted by molar-refractivity contribution is 0.348. The van der Waals surface area contributed by atoms with Crippen LogP contribution in [0.4, 0.5) is 0 Å². The third-order valence-electron chi connectivity index (χ3n) is 6.75. The Morgan fingerprint density at radius 3 is 2.28 bits per heavy atom. The fourth-order valence-corrected chi connectivity index (χ4v) is 4.84. The Hall–Kier alpha value is -1.04. The number of rotatable bonds is 7. The zero-order valence-corrected chi connectivity index (χ0v) is 16.6. The Kier molecular flexibility index (Phi) is 7.20. The molecule has 1 fully saturated rings. The number of unbranched alkanes of at least 4 members (excludes halogenated alkanes) is 3. The zero-order valence-electron chi connectivity index (χ0n) is 16.6. The van der Waals surface area contributed by atoms with Crippen molar-refractivity contribution >= 4 is 5.57 Å². The number of allylic oxidation sites excluding steroid dienone is 2. The average Bonchev–Trinajstić information content (AvgIpc) is 2.67. The standard InChI is InChI=1S/C25H38/c1-3-4-5-6-7-21-10-14-23(15-11-21)25-18-16-24(17-19-25)22-12-8-20(2)9-13-22/h14,16-22H,3-13,15H2,1-2H3/t20-,21?,22-. The summed E-state index contributed by atoms with van der Waals surface area (Å²) in [5.74, 6) is 2.71. The summed E-state index contributed by atoms with van der Waals surface area (Å²) < 4.78 is 0. The molecule has 0 aromatic heterocycles. The minimum Gasteiger partial charge on any atom is -0.0804 e. The van der Waals surface area contributed by atoms with E-state index in [0.717, 1.165) is 17.8 Å². The van der Waals surface area contributed by atoms with E-state index in [1.54, 1.807) is 11.1 Å². The lowest BCUT2D eigenvalue weighted by Gasteiger charge is -2.27. The first-order chi connectivity index (χ1) is 12.3. The second-order valence-electron chi connectivity index (χ2n) is 8.80. The van der Waals surface area contributed by atoms with Crippen LogP contribution in [0.3, 0.4) is 0 Å². The number of hydrogen-bond acceptors (Lipinski definition) is 0. The fourth-order valence-electron chi connectivity index (χ4n) is 4.84. The van der Waals surface area contributed by atoms with E-state index >= 15 is 0 Å². The van der Waals surface area contributed by atoms with Gasteiger partial charge in [0.05, 0.1) is 0 Å². The molecule has 0 heterocycles. The van der Waals surface area contributed by atoms with Crippen LogP contribution in [0.25, 0.3) is 5.57 Å². The van der Waals surface area contributed by atoms with E-state index in [9.17, 15) is 0 Å². The molecular weight excluding hydrogens is 300 g/mol. The van der Waals surface area contributed by atoms with Crippen molar-refractivity contribution in [1.82, 2.24) is 0 Å². The molecule has 1 atom stereocenters. The smallest absolute Gasteiger partial charge is 0.0162 e. The highest BCUT2D eigenvalue weighted by Gasteiger charge is 2.20. The van der Waals surface area contributed by atoms with Crippen LogP contribution >= 0.6 is 0 Å². The summed E-state index contributed by atoms with van der Waals surface area (Å²) in [6.45, 7) is 4.71. The number of benzene rings is 1. The minimum absolute atomic E-state index is 0.818. The molecule has 2 aliphatic carbocycles. The molecule has 0 radical (unpaired) electrons. The minimum atomic E-state index is 0.818. The maximum Gasteiger partial charge on any atom is -0.0162 e. The van der Waals surface area contributed by atoms with Crippen LogP contribution in [0.1, 0.15) is 108 Å². The third-order valence-corrected chi connectivity index (χ3v) is 6.75. The highest BCUT2D eigenvalue weighted by Crippen LogP contribution is 2.37. The van der Waals surface area contributed by atoms with Gasteiger partial charge in [-0.25, -0.2) is 0 Å². The quantitative estimate of drug-likeness (QED) is 0.440. The molecule has 0 N–H and O–H groups in total. The Morgan fingerprint density at radius 2 is 1.64 bits per heavy atom. The molecule has 0 amide bonds. The molecule has 1 aromatic rings. The fraction of sp³-hybridized carbons (Fsp3) is 0.680. The molecule has 0 aliphatic heterocycles. The predicted octanol–water partition coefficient (Wildman–Crippen LogP) is 8.13. The Morgan fingerprint density at radius 1 is 0.880 bits per heavy atom. The maximum absolute atomic E-state index is 2.55. The second kappa shape index (κ2) is 9.60. The molecule has 0 nitrogen and oxygen atoms in total. The van der Waals surface area contributed by atoms with Crippen LogP contribution in [-0.2, 0) is 0 Å². The van der Waals surface area contributed by atoms with Gasteiger partial charge in [0.25, 0.3) is 0 Å². The summed E-state index contributed by atoms with van der Waals surface area (Å²) in [5.41, 5.74) is 4.67. The largest absolute Gasteiger partial charge is 0.0804 e. The van der Waals surface area contributed by atoms with E-state index in [2.05, 4.69) is 44.2 Å². The molecule has 1 unspecified atom stereocenters. The van der Waals surface area contributed by atoms with Gasteiger partial charge in [-0.3, -0.25) is 0 Å². The number of hydrogen-bond donors (Lipinski definition) is 0. The summed E-state index contributed by atoms with van der Waals surface area (Å²) >= 11 is 0. The molecule has 0 saturated heterocycles. The molecule has 0 spiro atoms. The van der Waals surface area contributed by atoms with Gasteiger partial charge in [0, 0.05) is 0 Å². The molecule has 2 aliphatic rings. The first-order valence-electron chi connectivity index (χ1n) is 11.1. The van der Waals surface area contributed by atoms with Gasteiger partial charge in [0.1, 0.15) is 0 Å². The van der Waals surface area contributed by atoms with Crippen LogP contribution in [0, 0.1) is 11.8 Å². The molecule has 3 rings (SSSR count). The molecule has 0 bridgehead atoms. The Bertz CT molecular complexity index is 528. The van der Waals surface area contributed by atoms with Gasteiger partial charge < -0.3 is 0 Å². The van der Waals surface area contributed by atoms with E-state index in [1.165, 1.54) is 82.6 Å². The summed E-state index contributed by atoms with van der Waals surface area (Å²) in [6.07, 6.45) is 19.3. The topological polar surface area (TPSA) is 0 Å². The molecule has 25 heavy (non-hydrogen) atoms. The first kappa shape index (κ1) is 18.7. The van der Waals surface area contributed by atoms with E-state index in [1.807, 2.05) is 0 Å². The van der Waals surface area contributed by atoms with Crippen molar-refractivity contribution in [2.75, 3.05) is 0 Å². The molecule has 1 saturated carbocycles. The van der Waals surface area contributed by atoms with Gasteiger partial charge in [-0.05, 0) is 66.6 Å². The van der Waals surface area contributed by atoms with Gasteiger partial charge in [0.15, 0.2) is 0 Å². The maximum atomic E-state index is 2.55. The van der Waals surface area contributed by atoms with Gasteiger partial charge >= 0.3 is 0 Å². The van der Waals surface area contributed by atoms with Gasteiger partial charge in [-0.15, -0.1) is 0 Å². The molecule has 0 heteroatoms. The Balaban J connectivity index is 1.50. The Labute approximate surface area is 156 Å². The second-order valence-corrected chi connectivity index (χ2v) is 8.80. The van der Waals surface area contributed by atoms with E-state index < -0.39 is 0 Å². The van der Waals surface area contributed by atoms with Crippen molar-refractivity contribution in [3.05, 3.63) is 41.5 Å². The van der Waals surface area contributed by atoms with Crippen molar-refractivity contribution in [1.29, 1.82) is 0 Å². The van der Waals surface area contributed by atoms with Crippen LogP contribution in [-0.4, -0.2) is 0 Å². The van der Waals surface area contributed by atoms with E-state index in [4.69, 9.17) is 0 Å². The summed E-state index contributed by atoms with van der Waals surface area (Å²) in [5, 5.41) is 0. The van der Waals surface area contributed by atoms with Crippen molar-refractivity contribution in [3.8, 4) is 0 Å². The van der Waals surface area contributed by atoms with Crippen molar-refractivity contribution in [2.24, 2.45) is 11.8 Å². The van der Waals surface area contributed by atoms with Gasteiger partial charge in [0.2, 0.25) is 0 Å². The van der Waals surface area contributed by atoms with E-state index in [-0.39, 0.29) is 0 Å². The molecule has 138 valence electrons. The molecule has 1 aromatic carbocycles. The van der Waals surface area contributed by atoms with Crippen molar-refractivity contribution in [2.45, 2.75) is 96.8 Å². The average molecular weight is 339 g/mol. The van der Waals surface area contributed by atoms with Crippen LogP contribution in [0.5, 0.6) is 0 Å². The van der Waals surface area contributed by atoms with Gasteiger partial charge in [-0.2, -0.15) is 0 Å². The van der Waals surface area contributed by atoms with Crippen LogP contribution in [0.2, 0.25) is 0 Å². The normalized spacial score (nSPS) is 27.1. The molecular formula is C25H38. The summed E-state index contributed by atoms with van der Waals surface area (Å²) in [4.78, 5) is 0. The summed E-state index contributed by atoms with van der Waals surface area (Å²) in [6, 6.07) is 9.66. The highest BCUT2D eigenvalue weighted by atomic mass is 14.3. The highest BCUT2D eigenvalue weighted by molar-refractivity contribution is 5.66. The first-order valence-corrected chi connectivity index (χ1v) is 11.1. The van der Waals surface area contributed by atoms with Crippen molar-refractivity contribution < 1.29 is 0 Å². The zero-order chi connectivity index (χ0) is 17.5. The van der Waals surface area contributed by atoms with Crippen LogP contribution < -0.4 is 0 Å². The monoisotopic (exact) mass is 338 g/mol. The predicted molar refractivity (Wildman–Crippen MR) is 111 cm³/mol. The van der Waals surface area contributed by atoms with Gasteiger partial charge in [-0.1, -0.05) is 89.1 Å². The van der Waals surface area contributed by atoms with Crippen LogP contribution in [0.15, 0.2) is 30.3 Å². The summed E-state index contributed by atoms with van der Waals surface area (Å²) in [7, 11) is 0. The third kappa shape index (κ3) is 5.47. The van der Waals surface area contributed by atoms with E-state index in [0.29, 0.717) is 0 Å².